The van der Waals surface area contributed by atoms with Crippen LogP contribution in [0.3, 0.4) is 0 Å². The van der Waals surface area contributed by atoms with E-state index in [1.54, 1.807) is 12.1 Å². The second-order valence-electron chi connectivity index (χ2n) is 7.18. The molecule has 5 heteroatoms. The van der Waals surface area contributed by atoms with Crippen molar-refractivity contribution in [1.29, 1.82) is 0 Å². The average molecular weight is 382 g/mol. The molecule has 1 aliphatic heterocycles. The lowest BCUT2D eigenvalue weighted by Gasteiger charge is -2.27. The Kier molecular flexibility index (Phi) is 7.34. The normalized spacial score (nSPS) is 17.2. The number of rotatable bonds is 10. The molecule has 0 bridgehead atoms. The number of benzene rings is 2. The van der Waals surface area contributed by atoms with E-state index in [-0.39, 0.29) is 11.9 Å². The maximum absolute atomic E-state index is 13.2. The van der Waals surface area contributed by atoms with Gasteiger partial charge in [-0.05, 0) is 36.1 Å². The molecule has 1 aliphatic rings. The molecule has 3 rings (SSSR count). The molecule has 0 saturated heterocycles. The van der Waals surface area contributed by atoms with Gasteiger partial charge in [-0.2, -0.15) is 0 Å². The maximum Gasteiger partial charge on any atom is 0.145 e. The van der Waals surface area contributed by atoms with Gasteiger partial charge in [-0.25, -0.2) is 4.39 Å². The zero-order valence-corrected chi connectivity index (χ0v) is 16.0. The van der Waals surface area contributed by atoms with Crippen molar-refractivity contribution >= 4 is 5.71 Å². The number of nitrogens with zero attached hydrogens (tertiary/aromatic N) is 2. The Morgan fingerprint density at radius 3 is 2.68 bits per heavy atom. The van der Waals surface area contributed by atoms with E-state index in [1.807, 2.05) is 36.4 Å². The third-order valence-corrected chi connectivity index (χ3v) is 4.79. The molecule has 28 heavy (non-hydrogen) atoms. The Morgan fingerprint density at radius 2 is 1.96 bits per heavy atom. The van der Waals surface area contributed by atoms with Gasteiger partial charge in [-0.15, -0.1) is 6.58 Å². The molecular weight excluding hydrogens is 355 g/mol. The molecule has 0 amide bonds. The molecule has 0 spiro atoms. The van der Waals surface area contributed by atoms with E-state index in [0.717, 1.165) is 29.7 Å². The summed E-state index contributed by atoms with van der Waals surface area (Å²) < 4.78 is 13.2. The summed E-state index contributed by atoms with van der Waals surface area (Å²) in [6.07, 6.45) is 3.46. The van der Waals surface area contributed by atoms with Crippen molar-refractivity contribution in [1.82, 2.24) is 4.90 Å². The van der Waals surface area contributed by atoms with E-state index < -0.39 is 6.10 Å². The summed E-state index contributed by atoms with van der Waals surface area (Å²) in [6.45, 7) is 5.49. The number of hydrogen-bond acceptors (Lipinski definition) is 4. The van der Waals surface area contributed by atoms with Crippen molar-refractivity contribution in [3.63, 3.8) is 0 Å². The fourth-order valence-electron chi connectivity index (χ4n) is 3.37. The SMILES string of the molecule is C=CCCC(O)CN(Cc1ccc(F)cc1)CC1CC(c2ccccc2)=NO1. The second kappa shape index (κ2) is 10.2. The van der Waals surface area contributed by atoms with Gasteiger partial charge in [0.2, 0.25) is 0 Å². The van der Waals surface area contributed by atoms with Crippen LogP contribution in [0.4, 0.5) is 4.39 Å². The lowest BCUT2D eigenvalue weighted by atomic mass is 10.0. The number of oxime groups is 1. The minimum absolute atomic E-state index is 0.0674. The van der Waals surface area contributed by atoms with E-state index >= 15 is 0 Å². The molecule has 4 nitrogen and oxygen atoms in total. The molecular formula is C23H27FN2O2. The summed E-state index contributed by atoms with van der Waals surface area (Å²) in [7, 11) is 0. The van der Waals surface area contributed by atoms with E-state index in [9.17, 15) is 9.50 Å². The zero-order chi connectivity index (χ0) is 19.8. The fourth-order valence-corrected chi connectivity index (χ4v) is 3.37. The van der Waals surface area contributed by atoms with E-state index in [0.29, 0.717) is 26.1 Å². The van der Waals surface area contributed by atoms with Crippen molar-refractivity contribution in [2.24, 2.45) is 5.16 Å². The summed E-state index contributed by atoms with van der Waals surface area (Å²) >= 11 is 0. The number of aliphatic hydroxyl groups excluding tert-OH is 1. The summed E-state index contributed by atoms with van der Waals surface area (Å²) in [5.41, 5.74) is 3.01. The Hall–Kier alpha value is -2.50. The van der Waals surface area contributed by atoms with Crippen LogP contribution in [0, 0.1) is 5.82 Å². The van der Waals surface area contributed by atoms with Crippen LogP contribution in [0.2, 0.25) is 0 Å². The van der Waals surface area contributed by atoms with E-state index in [1.165, 1.54) is 12.1 Å². The summed E-state index contributed by atoms with van der Waals surface area (Å²) in [6, 6.07) is 16.5. The topological polar surface area (TPSA) is 45.1 Å². The van der Waals surface area contributed by atoms with Crippen molar-refractivity contribution < 1.29 is 14.3 Å². The first kappa shape index (κ1) is 20.2. The van der Waals surface area contributed by atoms with Gasteiger partial charge in [-0.1, -0.05) is 53.7 Å². The van der Waals surface area contributed by atoms with Gasteiger partial charge in [-0.3, -0.25) is 4.90 Å². The smallest absolute Gasteiger partial charge is 0.145 e. The van der Waals surface area contributed by atoms with Crippen LogP contribution in [0.25, 0.3) is 0 Å². The molecule has 0 fully saturated rings. The fraction of sp³-hybridized carbons (Fsp3) is 0.348. The molecule has 2 aromatic rings. The third-order valence-electron chi connectivity index (χ3n) is 4.79. The highest BCUT2D eigenvalue weighted by Gasteiger charge is 2.25. The lowest BCUT2D eigenvalue weighted by molar-refractivity contribution is 0.0308. The quantitative estimate of drug-likeness (QED) is 0.628. The van der Waals surface area contributed by atoms with Crippen LogP contribution in [-0.4, -0.2) is 41.0 Å². The highest BCUT2D eigenvalue weighted by molar-refractivity contribution is 6.01. The van der Waals surface area contributed by atoms with Crippen molar-refractivity contribution in [2.45, 2.75) is 38.0 Å². The summed E-state index contributed by atoms with van der Waals surface area (Å²) in [4.78, 5) is 7.81. The number of halogens is 1. The molecule has 1 N–H and O–H groups in total. The van der Waals surface area contributed by atoms with Gasteiger partial charge < -0.3 is 9.94 Å². The zero-order valence-electron chi connectivity index (χ0n) is 16.0. The van der Waals surface area contributed by atoms with Crippen molar-refractivity contribution in [3.05, 3.63) is 84.2 Å². The molecule has 148 valence electrons. The second-order valence-corrected chi connectivity index (χ2v) is 7.18. The van der Waals surface area contributed by atoms with Gasteiger partial charge in [0.15, 0.2) is 0 Å². The monoisotopic (exact) mass is 382 g/mol. The van der Waals surface area contributed by atoms with E-state index in [2.05, 4.69) is 16.6 Å². The van der Waals surface area contributed by atoms with Crippen LogP contribution in [0.1, 0.15) is 30.4 Å². The van der Waals surface area contributed by atoms with Crippen molar-refractivity contribution in [3.8, 4) is 0 Å². The van der Waals surface area contributed by atoms with Gasteiger partial charge in [0.25, 0.3) is 0 Å². The van der Waals surface area contributed by atoms with Gasteiger partial charge in [0.1, 0.15) is 11.9 Å². The Balaban J connectivity index is 1.61. The first-order valence-corrected chi connectivity index (χ1v) is 9.68. The molecule has 2 unspecified atom stereocenters. The Labute approximate surface area is 165 Å². The van der Waals surface area contributed by atoms with Gasteiger partial charge in [0.05, 0.1) is 11.8 Å². The van der Waals surface area contributed by atoms with Crippen molar-refractivity contribution in [2.75, 3.05) is 13.1 Å². The molecule has 0 aromatic heterocycles. The Bertz CT molecular complexity index is 777. The standard InChI is InChI=1S/C23H27FN2O2/c1-2-3-9-21(27)16-26(15-18-10-12-20(24)13-11-18)17-22-14-23(25-28-22)19-7-5-4-6-8-19/h2,4-8,10-13,21-22,27H,1,3,9,14-17H2. The third kappa shape index (κ3) is 6.01. The minimum atomic E-state index is -0.450. The summed E-state index contributed by atoms with van der Waals surface area (Å²) in [5, 5.41) is 14.6. The van der Waals surface area contributed by atoms with Crippen LogP contribution < -0.4 is 0 Å². The highest BCUT2D eigenvalue weighted by atomic mass is 19.1. The van der Waals surface area contributed by atoms with Gasteiger partial charge >= 0.3 is 0 Å². The Morgan fingerprint density at radius 1 is 1.21 bits per heavy atom. The largest absolute Gasteiger partial charge is 0.392 e. The van der Waals surface area contributed by atoms with Crippen LogP contribution in [0.15, 0.2) is 72.4 Å². The molecule has 0 saturated carbocycles. The predicted molar refractivity (Wildman–Crippen MR) is 110 cm³/mol. The number of hydrogen-bond donors (Lipinski definition) is 1. The molecule has 0 radical (unpaired) electrons. The number of allylic oxidation sites excluding steroid dienone is 1. The van der Waals surface area contributed by atoms with Crippen LogP contribution in [0.5, 0.6) is 0 Å². The molecule has 2 atom stereocenters. The summed E-state index contributed by atoms with van der Waals surface area (Å²) in [5.74, 6) is -0.249. The maximum atomic E-state index is 13.2. The average Bonchev–Trinajstić information content (AvgIpc) is 3.17. The van der Waals surface area contributed by atoms with Gasteiger partial charge in [0, 0.05) is 26.1 Å². The first-order chi connectivity index (χ1) is 13.6. The first-order valence-electron chi connectivity index (χ1n) is 9.68. The predicted octanol–water partition coefficient (Wildman–Crippen LogP) is 4.15. The minimum Gasteiger partial charge on any atom is -0.392 e. The lowest BCUT2D eigenvalue weighted by Crippen LogP contribution is -2.37. The molecule has 1 heterocycles. The molecule has 2 aromatic carbocycles. The number of aliphatic hydroxyl groups is 1. The van der Waals surface area contributed by atoms with Crippen LogP contribution in [-0.2, 0) is 11.4 Å². The van der Waals surface area contributed by atoms with E-state index in [4.69, 9.17) is 4.84 Å². The van der Waals surface area contributed by atoms with Crippen LogP contribution >= 0.6 is 0 Å². The highest BCUT2D eigenvalue weighted by Crippen LogP contribution is 2.19. The molecule has 0 aliphatic carbocycles.